The third kappa shape index (κ3) is 4.33. The number of aromatic nitrogens is 1. The monoisotopic (exact) mass is 653 g/mol. The molecule has 0 bridgehead atoms. The summed E-state index contributed by atoms with van der Waals surface area (Å²) in [5.41, 5.74) is 14.8. The lowest BCUT2D eigenvalue weighted by Crippen LogP contribution is -2.43. The number of fused-ring (bicyclic) bond motifs is 9. The van der Waals surface area contributed by atoms with E-state index < -0.39 is 5.41 Å². The highest BCUT2D eigenvalue weighted by atomic mass is 16.5. The molecule has 8 aromatic rings. The minimum Gasteiger partial charge on any atom is -0.457 e. The van der Waals surface area contributed by atoms with Crippen LogP contribution in [0.4, 0.5) is 0 Å². The molecule has 1 aliphatic carbocycles. The third-order valence-electron chi connectivity index (χ3n) is 11.2. The molecule has 2 aliphatic rings. The van der Waals surface area contributed by atoms with Crippen molar-refractivity contribution in [2.75, 3.05) is 0 Å². The van der Waals surface area contributed by atoms with E-state index in [4.69, 9.17) is 9.72 Å². The van der Waals surface area contributed by atoms with Crippen molar-refractivity contribution < 1.29 is 4.74 Å². The largest absolute Gasteiger partial charge is 0.457 e. The SMILES string of the molecule is CC1(C)c2ccccc2C2(c3ccccc3Oc3ccccc32)c2ccc(-c3cccc(-c4cccc5nc(-c6ccccc6)ccc45)c3)cc21. The van der Waals surface area contributed by atoms with Crippen LogP contribution in [0, 0.1) is 0 Å². The van der Waals surface area contributed by atoms with Crippen LogP contribution in [0.2, 0.25) is 0 Å². The lowest BCUT2D eigenvalue weighted by molar-refractivity contribution is 0.425. The van der Waals surface area contributed by atoms with Crippen molar-refractivity contribution in [3.05, 3.63) is 209 Å². The van der Waals surface area contributed by atoms with Crippen LogP contribution < -0.4 is 4.74 Å². The maximum absolute atomic E-state index is 6.59. The fourth-order valence-electron chi connectivity index (χ4n) is 8.83. The summed E-state index contributed by atoms with van der Waals surface area (Å²) in [6.07, 6.45) is 0. The Morgan fingerprint density at radius 3 is 1.76 bits per heavy atom. The van der Waals surface area contributed by atoms with Gasteiger partial charge in [-0.2, -0.15) is 0 Å². The van der Waals surface area contributed by atoms with Crippen molar-refractivity contribution in [2.24, 2.45) is 0 Å². The summed E-state index contributed by atoms with van der Waals surface area (Å²) >= 11 is 0. The summed E-state index contributed by atoms with van der Waals surface area (Å²) in [4.78, 5) is 5.06. The number of nitrogens with zero attached hydrogens (tertiary/aromatic N) is 1. The zero-order chi connectivity index (χ0) is 34.2. The first-order valence-corrected chi connectivity index (χ1v) is 17.7. The van der Waals surface area contributed by atoms with Gasteiger partial charge in [0.1, 0.15) is 11.5 Å². The summed E-state index contributed by atoms with van der Waals surface area (Å²) in [7, 11) is 0. The highest BCUT2D eigenvalue weighted by Crippen LogP contribution is 2.61. The van der Waals surface area contributed by atoms with Crippen LogP contribution in [0.15, 0.2) is 176 Å². The molecule has 0 N–H and O–H groups in total. The molecule has 10 rings (SSSR count). The Morgan fingerprint density at radius 2 is 1.00 bits per heavy atom. The second-order valence-electron chi connectivity index (χ2n) is 14.3. The molecule has 2 heterocycles. The molecule has 1 aliphatic heterocycles. The number of para-hydroxylation sites is 2. The van der Waals surface area contributed by atoms with E-state index in [-0.39, 0.29) is 5.41 Å². The molecular formula is C49H35NO. The van der Waals surface area contributed by atoms with Crippen molar-refractivity contribution >= 4 is 10.9 Å². The Balaban J connectivity index is 1.15. The van der Waals surface area contributed by atoms with E-state index in [1.165, 1.54) is 55.6 Å². The Bertz CT molecular complexity index is 2610. The molecule has 1 aromatic heterocycles. The summed E-state index contributed by atoms with van der Waals surface area (Å²) < 4.78 is 6.59. The van der Waals surface area contributed by atoms with Crippen LogP contribution in [0.3, 0.4) is 0 Å². The minimum atomic E-state index is -0.512. The van der Waals surface area contributed by atoms with Crippen LogP contribution in [-0.2, 0) is 10.8 Å². The van der Waals surface area contributed by atoms with Gasteiger partial charge in [-0.05, 0) is 80.9 Å². The van der Waals surface area contributed by atoms with Gasteiger partial charge in [-0.15, -0.1) is 0 Å². The van der Waals surface area contributed by atoms with Crippen LogP contribution in [-0.4, -0.2) is 4.98 Å². The molecule has 51 heavy (non-hydrogen) atoms. The van der Waals surface area contributed by atoms with Gasteiger partial charge in [0.25, 0.3) is 0 Å². The van der Waals surface area contributed by atoms with E-state index in [1.54, 1.807) is 0 Å². The quantitative estimate of drug-likeness (QED) is 0.189. The Labute approximate surface area is 298 Å². The van der Waals surface area contributed by atoms with Gasteiger partial charge < -0.3 is 4.74 Å². The smallest absolute Gasteiger partial charge is 0.132 e. The van der Waals surface area contributed by atoms with Crippen LogP contribution in [0.1, 0.15) is 47.2 Å². The molecule has 242 valence electrons. The van der Waals surface area contributed by atoms with Gasteiger partial charge in [0.05, 0.1) is 16.6 Å². The van der Waals surface area contributed by atoms with Gasteiger partial charge in [-0.3, -0.25) is 0 Å². The van der Waals surface area contributed by atoms with E-state index in [0.29, 0.717) is 0 Å². The summed E-state index contributed by atoms with van der Waals surface area (Å²) in [6.45, 7) is 4.75. The van der Waals surface area contributed by atoms with Crippen molar-refractivity contribution in [1.82, 2.24) is 4.98 Å². The van der Waals surface area contributed by atoms with Crippen molar-refractivity contribution in [3.8, 4) is 45.0 Å². The fourth-order valence-corrected chi connectivity index (χ4v) is 8.83. The predicted octanol–water partition coefficient (Wildman–Crippen LogP) is 12.4. The minimum absolute atomic E-state index is 0.231. The van der Waals surface area contributed by atoms with E-state index in [9.17, 15) is 0 Å². The summed E-state index contributed by atoms with van der Waals surface area (Å²) in [5.74, 6) is 1.82. The lowest BCUT2D eigenvalue weighted by atomic mass is 9.53. The molecule has 0 saturated carbocycles. The van der Waals surface area contributed by atoms with Gasteiger partial charge >= 0.3 is 0 Å². The maximum Gasteiger partial charge on any atom is 0.132 e. The van der Waals surface area contributed by atoms with E-state index in [2.05, 4.69) is 184 Å². The Morgan fingerprint density at radius 1 is 0.412 bits per heavy atom. The van der Waals surface area contributed by atoms with Gasteiger partial charge in [-0.25, -0.2) is 4.98 Å². The fraction of sp³-hybridized carbons (Fsp3) is 0.0816. The molecule has 0 unspecified atom stereocenters. The molecule has 1 spiro atoms. The van der Waals surface area contributed by atoms with Crippen molar-refractivity contribution in [3.63, 3.8) is 0 Å². The second-order valence-corrected chi connectivity index (χ2v) is 14.3. The highest BCUT2D eigenvalue weighted by molar-refractivity contribution is 5.96. The molecule has 2 heteroatoms. The van der Waals surface area contributed by atoms with Crippen LogP contribution >= 0.6 is 0 Å². The molecule has 0 radical (unpaired) electrons. The molecular weight excluding hydrogens is 619 g/mol. The number of benzene rings is 7. The topological polar surface area (TPSA) is 22.1 Å². The van der Waals surface area contributed by atoms with E-state index in [1.807, 2.05) is 6.07 Å². The number of rotatable bonds is 3. The highest BCUT2D eigenvalue weighted by Gasteiger charge is 2.52. The summed E-state index contributed by atoms with van der Waals surface area (Å²) in [6, 6.07) is 63.5. The first-order valence-electron chi connectivity index (χ1n) is 17.7. The maximum atomic E-state index is 6.59. The van der Waals surface area contributed by atoms with Gasteiger partial charge in [0, 0.05) is 27.5 Å². The lowest BCUT2D eigenvalue weighted by Gasteiger charge is -2.50. The second kappa shape index (κ2) is 11.1. The van der Waals surface area contributed by atoms with E-state index in [0.717, 1.165) is 33.7 Å². The van der Waals surface area contributed by atoms with Gasteiger partial charge in [0.2, 0.25) is 0 Å². The molecule has 0 amide bonds. The molecule has 0 saturated heterocycles. The van der Waals surface area contributed by atoms with Crippen LogP contribution in [0.5, 0.6) is 11.5 Å². The molecule has 0 fully saturated rings. The van der Waals surface area contributed by atoms with Gasteiger partial charge in [0.15, 0.2) is 0 Å². The zero-order valence-electron chi connectivity index (χ0n) is 28.6. The molecule has 0 atom stereocenters. The average Bonchev–Trinajstić information content (AvgIpc) is 3.19. The number of hydrogen-bond acceptors (Lipinski definition) is 2. The third-order valence-corrected chi connectivity index (χ3v) is 11.2. The average molecular weight is 654 g/mol. The number of hydrogen-bond donors (Lipinski definition) is 0. The van der Waals surface area contributed by atoms with Gasteiger partial charge in [-0.1, -0.05) is 153 Å². The Kier molecular flexibility index (Phi) is 6.47. The normalized spacial score (nSPS) is 14.5. The number of ether oxygens (including phenoxy) is 1. The standard InChI is InChI=1S/C49H35NO/c1-48(2)38-19-6-7-20-39(38)49(41-21-8-10-24-46(41)51-47-25-11-9-22-42(47)49)40-28-26-34(31-43(40)48)33-16-12-17-35(30-33)36-18-13-23-45-37(36)27-29-44(50-45)32-14-4-3-5-15-32/h3-31H,1-2H3. The number of pyridine rings is 1. The first kappa shape index (κ1) is 29.6. The van der Waals surface area contributed by atoms with E-state index >= 15 is 0 Å². The predicted molar refractivity (Wildman–Crippen MR) is 209 cm³/mol. The van der Waals surface area contributed by atoms with Crippen molar-refractivity contribution in [1.29, 1.82) is 0 Å². The van der Waals surface area contributed by atoms with Crippen molar-refractivity contribution in [2.45, 2.75) is 24.7 Å². The molecule has 2 nitrogen and oxygen atoms in total. The summed E-state index contributed by atoms with van der Waals surface area (Å²) in [5, 5.41) is 1.15. The molecule has 7 aromatic carbocycles. The Hall–Kier alpha value is -6.25. The van der Waals surface area contributed by atoms with Crippen LogP contribution in [0.25, 0.3) is 44.4 Å². The first-order chi connectivity index (χ1) is 25.0. The zero-order valence-corrected chi connectivity index (χ0v) is 28.6.